The first-order chi connectivity index (χ1) is 8.95. The van der Waals surface area contributed by atoms with Gasteiger partial charge in [0, 0.05) is 18.4 Å². The first-order valence-corrected chi connectivity index (χ1v) is 6.94. The Hall–Kier alpha value is -1.20. The van der Waals surface area contributed by atoms with Crippen LogP contribution in [0.3, 0.4) is 0 Å². The van der Waals surface area contributed by atoms with Gasteiger partial charge in [-0.05, 0) is 32.6 Å². The van der Waals surface area contributed by atoms with Gasteiger partial charge in [0.15, 0.2) is 5.82 Å². The van der Waals surface area contributed by atoms with E-state index in [1.165, 1.54) is 0 Å². The van der Waals surface area contributed by atoms with E-state index in [2.05, 4.69) is 36.2 Å². The first kappa shape index (κ1) is 15.9. The van der Waals surface area contributed by atoms with E-state index in [1.807, 2.05) is 19.9 Å². The van der Waals surface area contributed by atoms with Crippen molar-refractivity contribution in [3.05, 3.63) is 17.6 Å². The predicted octanol–water partition coefficient (Wildman–Crippen LogP) is 2.62. The van der Waals surface area contributed by atoms with Crippen molar-refractivity contribution in [1.29, 1.82) is 0 Å². The second-order valence-electron chi connectivity index (χ2n) is 5.33. The van der Waals surface area contributed by atoms with Gasteiger partial charge in [0.25, 0.3) is 0 Å². The molecule has 1 unspecified atom stereocenters. The van der Waals surface area contributed by atoms with Crippen molar-refractivity contribution >= 4 is 5.82 Å². The molecule has 5 heteroatoms. The molecule has 0 spiro atoms. The highest BCUT2D eigenvalue weighted by Crippen LogP contribution is 2.27. The fourth-order valence-electron chi connectivity index (χ4n) is 1.97. The van der Waals surface area contributed by atoms with Crippen molar-refractivity contribution in [3.8, 4) is 0 Å². The summed E-state index contributed by atoms with van der Waals surface area (Å²) in [7, 11) is 0. The number of nitrogen functional groups attached to an aromatic ring is 1. The van der Waals surface area contributed by atoms with Crippen molar-refractivity contribution in [2.45, 2.75) is 53.1 Å². The summed E-state index contributed by atoms with van der Waals surface area (Å²) < 4.78 is 5.83. The smallest absolute Gasteiger partial charge is 0.162 e. The summed E-state index contributed by atoms with van der Waals surface area (Å²) in [6.07, 6.45) is 1.71. The standard InChI is InChI=1S/C14H26N4O/c1-6-14(5,19-7-2)13-16-11(8-10(3)4)9-12(17-13)18-15/h9-10H,6-8,15H2,1-5H3,(H,16,17,18). The van der Waals surface area contributed by atoms with Crippen LogP contribution in [-0.4, -0.2) is 16.6 Å². The normalized spacial score (nSPS) is 14.5. The minimum atomic E-state index is -0.465. The number of nitrogens with one attached hydrogen (secondary N) is 1. The molecule has 0 saturated heterocycles. The number of nitrogens with zero attached hydrogens (tertiary/aromatic N) is 2. The van der Waals surface area contributed by atoms with Crippen molar-refractivity contribution in [3.63, 3.8) is 0 Å². The zero-order valence-electron chi connectivity index (χ0n) is 12.7. The second-order valence-corrected chi connectivity index (χ2v) is 5.33. The molecule has 0 aliphatic heterocycles. The lowest BCUT2D eigenvalue weighted by atomic mass is 10.0. The van der Waals surface area contributed by atoms with Crippen LogP contribution in [0.4, 0.5) is 5.82 Å². The van der Waals surface area contributed by atoms with Gasteiger partial charge < -0.3 is 10.2 Å². The minimum absolute atomic E-state index is 0.465. The molecular formula is C14H26N4O. The van der Waals surface area contributed by atoms with Crippen LogP contribution in [0.5, 0.6) is 0 Å². The van der Waals surface area contributed by atoms with Gasteiger partial charge >= 0.3 is 0 Å². The highest BCUT2D eigenvalue weighted by molar-refractivity contribution is 5.35. The van der Waals surface area contributed by atoms with Crippen molar-refractivity contribution in [2.75, 3.05) is 12.0 Å². The molecule has 0 aliphatic carbocycles. The number of hydrogen-bond donors (Lipinski definition) is 2. The van der Waals surface area contributed by atoms with Gasteiger partial charge in [-0.3, -0.25) is 0 Å². The van der Waals surface area contributed by atoms with E-state index in [1.54, 1.807) is 0 Å². The largest absolute Gasteiger partial charge is 0.368 e. The molecular weight excluding hydrogens is 240 g/mol. The van der Waals surface area contributed by atoms with Crippen LogP contribution in [0, 0.1) is 5.92 Å². The molecule has 0 fully saturated rings. The quantitative estimate of drug-likeness (QED) is 0.586. The molecule has 1 heterocycles. The van der Waals surface area contributed by atoms with Crippen LogP contribution in [0.1, 0.15) is 52.6 Å². The van der Waals surface area contributed by atoms with Crippen LogP contribution in [0.2, 0.25) is 0 Å². The molecule has 108 valence electrons. The number of aromatic nitrogens is 2. The highest BCUT2D eigenvalue weighted by atomic mass is 16.5. The zero-order valence-corrected chi connectivity index (χ0v) is 12.7. The second kappa shape index (κ2) is 6.82. The summed E-state index contributed by atoms with van der Waals surface area (Å²) in [6, 6.07) is 1.89. The Balaban J connectivity index is 3.17. The fraction of sp³-hybridized carbons (Fsp3) is 0.714. The average molecular weight is 266 g/mol. The molecule has 0 radical (unpaired) electrons. The summed E-state index contributed by atoms with van der Waals surface area (Å²) in [5, 5.41) is 0. The van der Waals surface area contributed by atoms with E-state index >= 15 is 0 Å². The van der Waals surface area contributed by atoms with E-state index in [0.717, 1.165) is 18.5 Å². The average Bonchev–Trinajstić information content (AvgIpc) is 2.37. The third kappa shape index (κ3) is 4.14. The number of nitrogens with two attached hydrogens (primary N) is 1. The van der Waals surface area contributed by atoms with E-state index in [4.69, 9.17) is 10.6 Å². The highest BCUT2D eigenvalue weighted by Gasteiger charge is 2.29. The third-order valence-electron chi connectivity index (χ3n) is 3.16. The Bertz CT molecular complexity index is 408. The van der Waals surface area contributed by atoms with Gasteiger partial charge in [-0.15, -0.1) is 0 Å². The van der Waals surface area contributed by atoms with E-state index in [0.29, 0.717) is 24.2 Å². The maximum Gasteiger partial charge on any atom is 0.162 e. The molecule has 3 N–H and O–H groups in total. The molecule has 1 rings (SSSR count). The Labute approximate surface area is 115 Å². The minimum Gasteiger partial charge on any atom is -0.368 e. The number of hydrazine groups is 1. The maximum atomic E-state index is 5.83. The maximum absolute atomic E-state index is 5.83. The molecule has 5 nitrogen and oxygen atoms in total. The van der Waals surface area contributed by atoms with Crippen LogP contribution >= 0.6 is 0 Å². The van der Waals surface area contributed by atoms with Gasteiger partial charge in [0.05, 0.1) is 0 Å². The summed E-state index contributed by atoms with van der Waals surface area (Å²) in [5.74, 6) is 7.37. The van der Waals surface area contributed by atoms with Crippen molar-refractivity contribution in [1.82, 2.24) is 9.97 Å². The predicted molar refractivity (Wildman–Crippen MR) is 77.7 cm³/mol. The van der Waals surface area contributed by atoms with Gasteiger partial charge in [-0.2, -0.15) is 0 Å². The Kier molecular flexibility index (Phi) is 5.69. The van der Waals surface area contributed by atoms with Crippen molar-refractivity contribution < 1.29 is 4.74 Å². The lowest BCUT2D eigenvalue weighted by molar-refractivity contribution is -0.0391. The third-order valence-corrected chi connectivity index (χ3v) is 3.16. The van der Waals surface area contributed by atoms with E-state index < -0.39 is 5.60 Å². The van der Waals surface area contributed by atoms with Gasteiger partial charge in [-0.1, -0.05) is 20.8 Å². The van der Waals surface area contributed by atoms with Crippen LogP contribution in [0.15, 0.2) is 6.07 Å². The number of ether oxygens (including phenoxy) is 1. The zero-order chi connectivity index (χ0) is 14.5. The van der Waals surface area contributed by atoms with Crippen LogP contribution in [0.25, 0.3) is 0 Å². The molecule has 1 aromatic heterocycles. The van der Waals surface area contributed by atoms with E-state index in [-0.39, 0.29) is 0 Å². The SMILES string of the molecule is CCOC(C)(CC)c1nc(CC(C)C)cc(NN)n1. The lowest BCUT2D eigenvalue weighted by Crippen LogP contribution is -2.29. The summed E-state index contributed by atoms with van der Waals surface area (Å²) >= 11 is 0. The molecule has 1 aromatic rings. The van der Waals surface area contributed by atoms with Crippen LogP contribution < -0.4 is 11.3 Å². The van der Waals surface area contributed by atoms with Crippen LogP contribution in [-0.2, 0) is 16.8 Å². The molecule has 0 bridgehead atoms. The monoisotopic (exact) mass is 266 g/mol. The Morgan fingerprint density at radius 3 is 2.53 bits per heavy atom. The van der Waals surface area contributed by atoms with Gasteiger partial charge in [-0.25, -0.2) is 15.8 Å². The number of anilines is 1. The fourth-order valence-corrected chi connectivity index (χ4v) is 1.97. The molecule has 0 aromatic carbocycles. The first-order valence-electron chi connectivity index (χ1n) is 6.94. The topological polar surface area (TPSA) is 73.1 Å². The Morgan fingerprint density at radius 2 is 2.05 bits per heavy atom. The van der Waals surface area contributed by atoms with E-state index in [9.17, 15) is 0 Å². The molecule has 0 amide bonds. The summed E-state index contributed by atoms with van der Waals surface area (Å²) in [5.41, 5.74) is 3.14. The molecule has 19 heavy (non-hydrogen) atoms. The molecule has 1 atom stereocenters. The number of rotatable bonds is 7. The molecule has 0 aliphatic rings. The van der Waals surface area contributed by atoms with Crippen molar-refractivity contribution in [2.24, 2.45) is 11.8 Å². The molecule has 0 saturated carbocycles. The summed E-state index contributed by atoms with van der Waals surface area (Å²) in [4.78, 5) is 9.10. The Morgan fingerprint density at radius 1 is 1.37 bits per heavy atom. The number of hydrogen-bond acceptors (Lipinski definition) is 5. The lowest BCUT2D eigenvalue weighted by Gasteiger charge is -2.27. The van der Waals surface area contributed by atoms with Gasteiger partial charge in [0.1, 0.15) is 11.4 Å². The summed E-state index contributed by atoms with van der Waals surface area (Å²) in [6.45, 7) is 11.0. The van der Waals surface area contributed by atoms with Gasteiger partial charge in [0.2, 0.25) is 0 Å².